The van der Waals surface area contributed by atoms with Crippen molar-refractivity contribution < 1.29 is 24.2 Å². The van der Waals surface area contributed by atoms with Crippen LogP contribution >= 0.6 is 0 Å². The summed E-state index contributed by atoms with van der Waals surface area (Å²) in [7, 11) is 4.85. The van der Waals surface area contributed by atoms with Gasteiger partial charge in [0, 0.05) is 44.6 Å². The van der Waals surface area contributed by atoms with Crippen LogP contribution in [-0.4, -0.2) is 43.8 Å². The highest BCUT2D eigenvalue weighted by molar-refractivity contribution is 6.36. The third-order valence-corrected chi connectivity index (χ3v) is 4.05. The van der Waals surface area contributed by atoms with Crippen molar-refractivity contribution in [2.75, 3.05) is 26.1 Å². The van der Waals surface area contributed by atoms with Gasteiger partial charge in [0.05, 0.1) is 12.8 Å². The van der Waals surface area contributed by atoms with E-state index in [2.05, 4.69) is 16.6 Å². The van der Waals surface area contributed by atoms with Gasteiger partial charge < -0.3 is 14.7 Å². The molecular formula is C22H21NO5. The molecule has 0 spiro atoms. The van der Waals surface area contributed by atoms with E-state index in [1.54, 1.807) is 43.3 Å². The smallest absolute Gasteiger partial charge is 0.341 e. The number of phenols is 1. The molecule has 6 nitrogen and oxygen atoms in total. The van der Waals surface area contributed by atoms with E-state index in [9.17, 15) is 19.5 Å². The van der Waals surface area contributed by atoms with Crippen molar-refractivity contribution >= 4 is 23.2 Å². The van der Waals surface area contributed by atoms with Gasteiger partial charge in [0.25, 0.3) is 0 Å². The molecule has 0 radical (unpaired) electrons. The second-order valence-electron chi connectivity index (χ2n) is 6.38. The zero-order chi connectivity index (χ0) is 20.8. The number of phenolic OH excluding ortho intramolecular Hbond substituents is 1. The predicted octanol–water partition coefficient (Wildman–Crippen LogP) is 2.35. The summed E-state index contributed by atoms with van der Waals surface area (Å²) in [5.74, 6) is 4.28. The van der Waals surface area contributed by atoms with Crippen LogP contribution in [-0.2, 0) is 20.7 Å². The van der Waals surface area contributed by atoms with Gasteiger partial charge in [-0.25, -0.2) is 4.79 Å². The minimum atomic E-state index is -0.648. The summed E-state index contributed by atoms with van der Waals surface area (Å²) < 4.78 is 4.68. The molecule has 0 saturated heterocycles. The quantitative estimate of drug-likeness (QED) is 0.488. The fraction of sp³-hybridized carbons (Fsp3) is 0.227. The van der Waals surface area contributed by atoms with Gasteiger partial charge in [-0.15, -0.1) is 0 Å². The Kier molecular flexibility index (Phi) is 6.56. The van der Waals surface area contributed by atoms with Crippen LogP contribution in [0.4, 0.5) is 5.69 Å². The number of ether oxygens (including phenoxy) is 1. The van der Waals surface area contributed by atoms with Crippen LogP contribution in [0.25, 0.3) is 0 Å². The standard InChI is InChI=1S/C22H21NO5/c1-14(24)20(25)11-16-7-5-15(6-8-16)9-10-17-12-18(22(27)28-4)21(26)13-19(17)23(2)3/h5-8,12-13,26H,11H2,1-4H3. The highest BCUT2D eigenvalue weighted by Crippen LogP contribution is 2.28. The summed E-state index contributed by atoms with van der Waals surface area (Å²) in [4.78, 5) is 36.2. The number of anilines is 1. The van der Waals surface area contributed by atoms with E-state index in [4.69, 9.17) is 0 Å². The number of carbonyl (C=O) groups is 3. The maximum absolute atomic E-state index is 11.8. The van der Waals surface area contributed by atoms with Crippen molar-refractivity contribution in [3.05, 3.63) is 58.7 Å². The Balaban J connectivity index is 2.35. The van der Waals surface area contributed by atoms with Crippen molar-refractivity contribution in [1.29, 1.82) is 0 Å². The van der Waals surface area contributed by atoms with Gasteiger partial charge in [0.1, 0.15) is 11.3 Å². The highest BCUT2D eigenvalue weighted by atomic mass is 16.5. The second kappa shape index (κ2) is 8.87. The number of hydrogen-bond donors (Lipinski definition) is 1. The molecule has 2 rings (SSSR count). The highest BCUT2D eigenvalue weighted by Gasteiger charge is 2.16. The molecule has 0 aliphatic heterocycles. The van der Waals surface area contributed by atoms with Gasteiger partial charge in [-0.3, -0.25) is 9.59 Å². The fourth-order valence-electron chi connectivity index (χ4n) is 2.48. The Morgan fingerprint density at radius 2 is 1.71 bits per heavy atom. The normalized spacial score (nSPS) is 9.86. The van der Waals surface area contributed by atoms with Crippen LogP contribution in [0.15, 0.2) is 36.4 Å². The SMILES string of the molecule is COC(=O)c1cc(C#Cc2ccc(CC(=O)C(C)=O)cc2)c(N(C)C)cc1O. The Bertz CT molecular complexity index is 978. The van der Waals surface area contributed by atoms with E-state index in [0.29, 0.717) is 16.8 Å². The van der Waals surface area contributed by atoms with E-state index in [1.807, 2.05) is 0 Å². The van der Waals surface area contributed by atoms with Gasteiger partial charge in [-0.1, -0.05) is 24.0 Å². The van der Waals surface area contributed by atoms with Crippen molar-refractivity contribution in [2.45, 2.75) is 13.3 Å². The molecule has 0 bridgehead atoms. The van der Waals surface area contributed by atoms with Crippen LogP contribution in [0.5, 0.6) is 5.75 Å². The average Bonchev–Trinajstić information content (AvgIpc) is 2.67. The number of Topliss-reactive ketones (excluding diaryl/α,β-unsaturated/α-hetero) is 2. The van der Waals surface area contributed by atoms with E-state index < -0.39 is 17.5 Å². The van der Waals surface area contributed by atoms with Gasteiger partial charge in [0.2, 0.25) is 5.78 Å². The fourth-order valence-corrected chi connectivity index (χ4v) is 2.48. The Morgan fingerprint density at radius 3 is 2.25 bits per heavy atom. The number of carbonyl (C=O) groups excluding carboxylic acids is 3. The van der Waals surface area contributed by atoms with E-state index >= 15 is 0 Å². The van der Waals surface area contributed by atoms with Crippen LogP contribution in [0.3, 0.4) is 0 Å². The molecule has 0 aliphatic rings. The Labute approximate surface area is 163 Å². The number of rotatable bonds is 5. The van der Waals surface area contributed by atoms with Crippen molar-refractivity contribution in [3.63, 3.8) is 0 Å². The first-order chi connectivity index (χ1) is 13.2. The van der Waals surface area contributed by atoms with Gasteiger partial charge in [-0.05, 0) is 23.8 Å². The first kappa shape index (κ1) is 20.7. The first-order valence-corrected chi connectivity index (χ1v) is 8.50. The second-order valence-corrected chi connectivity index (χ2v) is 6.38. The minimum Gasteiger partial charge on any atom is -0.507 e. The number of aromatic hydroxyl groups is 1. The molecule has 28 heavy (non-hydrogen) atoms. The van der Waals surface area contributed by atoms with Crippen molar-refractivity contribution in [2.24, 2.45) is 0 Å². The predicted molar refractivity (Wildman–Crippen MR) is 106 cm³/mol. The van der Waals surface area contributed by atoms with Crippen molar-refractivity contribution in [3.8, 4) is 17.6 Å². The maximum atomic E-state index is 11.8. The molecule has 0 unspecified atom stereocenters. The van der Waals surface area contributed by atoms with Crippen LogP contribution in [0, 0.1) is 11.8 Å². The lowest BCUT2D eigenvalue weighted by atomic mass is 10.0. The molecule has 0 saturated carbocycles. The summed E-state index contributed by atoms with van der Waals surface area (Å²) in [6.07, 6.45) is 0.0638. The monoisotopic (exact) mass is 379 g/mol. The van der Waals surface area contributed by atoms with Crippen LogP contribution < -0.4 is 4.90 Å². The molecule has 0 aliphatic carbocycles. The summed E-state index contributed by atoms with van der Waals surface area (Å²) in [6, 6.07) is 9.96. The summed E-state index contributed by atoms with van der Waals surface area (Å²) in [5, 5.41) is 10.1. The zero-order valence-corrected chi connectivity index (χ0v) is 16.2. The number of ketones is 2. The number of hydrogen-bond acceptors (Lipinski definition) is 6. The molecule has 0 aromatic heterocycles. The lowest BCUT2D eigenvalue weighted by Crippen LogP contribution is -2.12. The molecule has 2 aromatic rings. The lowest BCUT2D eigenvalue weighted by Gasteiger charge is -2.16. The summed E-state index contributed by atoms with van der Waals surface area (Å²) >= 11 is 0. The Morgan fingerprint density at radius 1 is 1.07 bits per heavy atom. The third kappa shape index (κ3) is 4.98. The minimum absolute atomic E-state index is 0.0375. The van der Waals surface area contributed by atoms with E-state index in [1.165, 1.54) is 26.2 Å². The molecule has 6 heteroatoms. The maximum Gasteiger partial charge on any atom is 0.341 e. The Hall–Kier alpha value is -3.59. The summed E-state index contributed by atoms with van der Waals surface area (Å²) in [6.45, 7) is 1.25. The van der Waals surface area contributed by atoms with Crippen molar-refractivity contribution in [1.82, 2.24) is 0 Å². The van der Waals surface area contributed by atoms with E-state index in [-0.39, 0.29) is 17.7 Å². The molecular weight excluding hydrogens is 358 g/mol. The summed E-state index contributed by atoms with van der Waals surface area (Å²) in [5.41, 5.74) is 2.68. The topological polar surface area (TPSA) is 83.9 Å². The largest absolute Gasteiger partial charge is 0.507 e. The number of nitrogens with zero attached hydrogens (tertiary/aromatic N) is 1. The zero-order valence-electron chi connectivity index (χ0n) is 16.2. The molecule has 0 fully saturated rings. The van der Waals surface area contributed by atoms with Gasteiger partial charge in [0.15, 0.2) is 5.78 Å². The average molecular weight is 379 g/mol. The first-order valence-electron chi connectivity index (χ1n) is 8.50. The third-order valence-electron chi connectivity index (χ3n) is 4.05. The lowest BCUT2D eigenvalue weighted by molar-refractivity contribution is -0.134. The molecule has 144 valence electrons. The number of benzene rings is 2. The molecule has 2 aromatic carbocycles. The van der Waals surface area contributed by atoms with Gasteiger partial charge >= 0.3 is 5.97 Å². The molecule has 0 atom stereocenters. The molecule has 0 amide bonds. The number of esters is 1. The van der Waals surface area contributed by atoms with Gasteiger partial charge in [-0.2, -0.15) is 0 Å². The van der Waals surface area contributed by atoms with E-state index in [0.717, 1.165) is 5.56 Å². The van der Waals surface area contributed by atoms with Crippen LogP contribution in [0.1, 0.15) is 34.0 Å². The number of methoxy groups -OCH3 is 1. The van der Waals surface area contributed by atoms with Crippen LogP contribution in [0.2, 0.25) is 0 Å². The molecule has 0 heterocycles. The molecule has 1 N–H and O–H groups in total.